The number of Topliss-reactive ketones (excluding diaryl/α,β-unsaturated/α-hetero) is 2. The SMILES string of the molecule is COc1cccc2c(=O)c(C(C)=O)c[nH]c12.COc1cccc2c(Cl)c(C(C)=O)cnc12. The molecule has 2 aromatic carbocycles. The number of halogens is 1. The number of aromatic nitrogens is 2. The number of pyridine rings is 2. The Bertz CT molecular complexity index is 1390. The highest BCUT2D eigenvalue weighted by Crippen LogP contribution is 2.31. The van der Waals surface area contributed by atoms with Gasteiger partial charge in [-0.1, -0.05) is 29.8 Å². The Balaban J connectivity index is 0.000000181. The van der Waals surface area contributed by atoms with Gasteiger partial charge in [0.1, 0.15) is 17.0 Å². The van der Waals surface area contributed by atoms with Gasteiger partial charge in [-0.2, -0.15) is 0 Å². The molecule has 0 spiro atoms. The highest BCUT2D eigenvalue weighted by atomic mass is 35.5. The second kappa shape index (κ2) is 9.62. The molecule has 0 aliphatic heterocycles. The molecule has 0 radical (unpaired) electrons. The zero-order valence-corrected chi connectivity index (χ0v) is 18.7. The molecule has 7 nitrogen and oxygen atoms in total. The van der Waals surface area contributed by atoms with Crippen molar-refractivity contribution in [3.8, 4) is 11.5 Å². The van der Waals surface area contributed by atoms with E-state index in [1.807, 2.05) is 12.1 Å². The molecule has 8 heteroatoms. The Kier molecular flexibility index (Phi) is 6.90. The number of para-hydroxylation sites is 2. The molecule has 0 fully saturated rings. The molecule has 4 rings (SSSR count). The van der Waals surface area contributed by atoms with Gasteiger partial charge in [0.05, 0.1) is 41.3 Å². The van der Waals surface area contributed by atoms with E-state index in [0.717, 1.165) is 5.39 Å². The fraction of sp³-hybridized carbons (Fsp3) is 0.167. The maximum atomic E-state index is 11.9. The highest BCUT2D eigenvalue weighted by Gasteiger charge is 2.13. The normalized spacial score (nSPS) is 10.4. The lowest BCUT2D eigenvalue weighted by Gasteiger charge is -2.07. The molecule has 4 aromatic rings. The van der Waals surface area contributed by atoms with E-state index in [4.69, 9.17) is 21.1 Å². The van der Waals surface area contributed by atoms with Crippen LogP contribution in [0, 0.1) is 0 Å². The number of ketones is 2. The van der Waals surface area contributed by atoms with E-state index in [1.165, 1.54) is 33.4 Å². The number of nitrogens with one attached hydrogen (secondary N) is 1. The number of hydrogen-bond donors (Lipinski definition) is 1. The molecule has 164 valence electrons. The molecule has 0 atom stereocenters. The minimum Gasteiger partial charge on any atom is -0.495 e. The fourth-order valence-corrected chi connectivity index (χ4v) is 3.56. The average molecular weight is 453 g/mol. The minimum absolute atomic E-state index is 0.0952. The van der Waals surface area contributed by atoms with Crippen LogP contribution in [0.1, 0.15) is 34.6 Å². The number of fused-ring (bicyclic) bond motifs is 2. The van der Waals surface area contributed by atoms with E-state index in [1.54, 1.807) is 31.4 Å². The second-order valence-corrected chi connectivity index (χ2v) is 7.25. The molecule has 0 saturated heterocycles. The van der Waals surface area contributed by atoms with Gasteiger partial charge in [0.15, 0.2) is 17.0 Å². The molecule has 0 aliphatic carbocycles. The first-order valence-corrected chi connectivity index (χ1v) is 9.99. The second-order valence-electron chi connectivity index (χ2n) is 6.87. The summed E-state index contributed by atoms with van der Waals surface area (Å²) in [6, 6.07) is 10.6. The summed E-state index contributed by atoms with van der Waals surface area (Å²) in [7, 11) is 3.11. The van der Waals surface area contributed by atoms with Crippen molar-refractivity contribution in [2.45, 2.75) is 13.8 Å². The van der Waals surface area contributed by atoms with Crippen LogP contribution in [-0.2, 0) is 0 Å². The van der Waals surface area contributed by atoms with Crippen molar-refractivity contribution in [1.29, 1.82) is 0 Å². The average Bonchev–Trinajstić information content (AvgIpc) is 2.79. The van der Waals surface area contributed by atoms with Gasteiger partial charge in [0.25, 0.3) is 0 Å². The summed E-state index contributed by atoms with van der Waals surface area (Å²) in [5, 5.41) is 1.62. The fourth-order valence-electron chi connectivity index (χ4n) is 3.23. The quantitative estimate of drug-likeness (QED) is 0.445. The minimum atomic E-state index is -0.264. The van der Waals surface area contributed by atoms with Crippen molar-refractivity contribution in [2.24, 2.45) is 0 Å². The lowest BCUT2D eigenvalue weighted by atomic mass is 10.1. The standard InChI is InChI=1S/C12H10ClNO2.C12H11NO3/c1-7(15)9-6-14-12-8(11(9)13)4-3-5-10(12)16-2;1-7(14)9-6-13-11-8(12(9)15)4-3-5-10(11)16-2/h3-6H,1-2H3;3-6H,1-2H3,(H,13,15). The molecule has 1 N–H and O–H groups in total. The van der Waals surface area contributed by atoms with Crippen LogP contribution < -0.4 is 14.9 Å². The van der Waals surface area contributed by atoms with E-state index in [0.29, 0.717) is 38.5 Å². The third-order valence-corrected chi connectivity index (χ3v) is 5.28. The van der Waals surface area contributed by atoms with E-state index >= 15 is 0 Å². The number of ether oxygens (including phenoxy) is 2. The molecule has 0 bridgehead atoms. The Morgan fingerprint density at radius 1 is 0.906 bits per heavy atom. The number of benzene rings is 2. The monoisotopic (exact) mass is 452 g/mol. The number of H-pyrrole nitrogens is 1. The summed E-state index contributed by atoms with van der Waals surface area (Å²) in [5.74, 6) is 0.896. The van der Waals surface area contributed by atoms with Crippen LogP contribution in [0.4, 0.5) is 0 Å². The van der Waals surface area contributed by atoms with Crippen molar-refractivity contribution in [3.05, 3.63) is 75.2 Å². The molecule has 0 unspecified atom stereocenters. The third-order valence-electron chi connectivity index (χ3n) is 4.87. The first kappa shape index (κ1) is 23.0. The summed E-state index contributed by atoms with van der Waals surface area (Å²) in [4.78, 5) is 41.6. The van der Waals surface area contributed by atoms with Gasteiger partial charge < -0.3 is 14.5 Å². The molecule has 2 heterocycles. The van der Waals surface area contributed by atoms with Crippen LogP contribution in [0.3, 0.4) is 0 Å². The zero-order chi connectivity index (χ0) is 23.4. The van der Waals surface area contributed by atoms with E-state index < -0.39 is 0 Å². The zero-order valence-electron chi connectivity index (χ0n) is 18.0. The summed E-state index contributed by atoms with van der Waals surface area (Å²) in [5.41, 5.74) is 1.61. The Hall–Kier alpha value is -3.71. The number of rotatable bonds is 4. The third kappa shape index (κ3) is 4.33. The lowest BCUT2D eigenvalue weighted by molar-refractivity contribution is 0.100. The topological polar surface area (TPSA) is 98.4 Å². The molecule has 0 amide bonds. The maximum Gasteiger partial charge on any atom is 0.200 e. The predicted molar refractivity (Wildman–Crippen MR) is 124 cm³/mol. The van der Waals surface area contributed by atoms with Crippen molar-refractivity contribution < 1.29 is 19.1 Å². The van der Waals surface area contributed by atoms with Crippen LogP contribution in [0.2, 0.25) is 5.02 Å². The summed E-state index contributed by atoms with van der Waals surface area (Å²) in [6.07, 6.45) is 2.91. The number of carbonyl (C=O) groups excluding carboxylic acids is 2. The summed E-state index contributed by atoms with van der Waals surface area (Å²) < 4.78 is 10.3. The smallest absolute Gasteiger partial charge is 0.200 e. The lowest BCUT2D eigenvalue weighted by Crippen LogP contribution is -2.13. The van der Waals surface area contributed by atoms with Crippen LogP contribution in [0.25, 0.3) is 21.8 Å². The molecule has 0 aliphatic rings. The molecular weight excluding hydrogens is 432 g/mol. The van der Waals surface area contributed by atoms with Crippen molar-refractivity contribution >= 4 is 45.0 Å². The number of aromatic amines is 1. The molecule has 2 aromatic heterocycles. The van der Waals surface area contributed by atoms with Crippen LogP contribution in [-0.4, -0.2) is 35.8 Å². The van der Waals surface area contributed by atoms with Crippen LogP contribution in [0.5, 0.6) is 11.5 Å². The predicted octanol–water partition coefficient (Wildman–Crippen LogP) is 4.84. The molecule has 32 heavy (non-hydrogen) atoms. The Morgan fingerprint density at radius 3 is 2.09 bits per heavy atom. The van der Waals surface area contributed by atoms with E-state index in [2.05, 4.69) is 9.97 Å². The van der Waals surface area contributed by atoms with Gasteiger partial charge in [0, 0.05) is 17.8 Å². The number of nitrogens with zero attached hydrogens (tertiary/aromatic N) is 1. The highest BCUT2D eigenvalue weighted by molar-refractivity contribution is 6.38. The van der Waals surface area contributed by atoms with Crippen LogP contribution in [0.15, 0.2) is 53.6 Å². The number of hydrogen-bond acceptors (Lipinski definition) is 6. The van der Waals surface area contributed by atoms with Gasteiger partial charge in [-0.25, -0.2) is 0 Å². The molecule has 0 saturated carbocycles. The van der Waals surface area contributed by atoms with Gasteiger partial charge in [-0.15, -0.1) is 0 Å². The largest absolute Gasteiger partial charge is 0.495 e. The first-order chi connectivity index (χ1) is 15.3. The van der Waals surface area contributed by atoms with Crippen molar-refractivity contribution in [2.75, 3.05) is 14.2 Å². The number of carbonyl (C=O) groups is 2. The Morgan fingerprint density at radius 2 is 1.50 bits per heavy atom. The van der Waals surface area contributed by atoms with Gasteiger partial charge in [-0.3, -0.25) is 19.4 Å². The number of methoxy groups -OCH3 is 2. The van der Waals surface area contributed by atoms with Crippen molar-refractivity contribution in [3.63, 3.8) is 0 Å². The first-order valence-electron chi connectivity index (χ1n) is 9.61. The van der Waals surface area contributed by atoms with Gasteiger partial charge >= 0.3 is 0 Å². The maximum absolute atomic E-state index is 11.9. The summed E-state index contributed by atoms with van der Waals surface area (Å²) in [6.45, 7) is 2.84. The Labute approximate surface area is 189 Å². The van der Waals surface area contributed by atoms with Gasteiger partial charge in [-0.05, 0) is 32.0 Å². The van der Waals surface area contributed by atoms with Gasteiger partial charge in [0.2, 0.25) is 0 Å². The van der Waals surface area contributed by atoms with E-state index in [9.17, 15) is 14.4 Å². The van der Waals surface area contributed by atoms with E-state index in [-0.39, 0.29) is 22.6 Å². The summed E-state index contributed by atoms with van der Waals surface area (Å²) >= 11 is 6.15. The van der Waals surface area contributed by atoms with Crippen LogP contribution >= 0.6 is 11.6 Å². The van der Waals surface area contributed by atoms with Crippen molar-refractivity contribution in [1.82, 2.24) is 9.97 Å². The molecular formula is C24H21ClN2O5.